The standard InChI is InChI=1S/C12H25NO3/c1-4-5-6-7-8-10(2)16-9-11(13-3)12(14)15/h10-11,13H,4-9H2,1-3H3,(H,14,15). The third-order valence-electron chi connectivity index (χ3n) is 2.66. The number of likely N-dealkylation sites (N-methyl/N-ethyl adjacent to an activating group) is 1. The SMILES string of the molecule is CCCCCCC(C)OCC(NC)C(=O)O. The zero-order chi connectivity index (χ0) is 12.4. The highest BCUT2D eigenvalue weighted by Gasteiger charge is 2.16. The van der Waals surface area contributed by atoms with Gasteiger partial charge in [0, 0.05) is 0 Å². The number of aliphatic carboxylic acids is 1. The summed E-state index contributed by atoms with van der Waals surface area (Å²) in [4.78, 5) is 10.7. The summed E-state index contributed by atoms with van der Waals surface area (Å²) in [6.07, 6.45) is 6.05. The maximum absolute atomic E-state index is 10.7. The van der Waals surface area contributed by atoms with Crippen molar-refractivity contribution in [1.82, 2.24) is 5.32 Å². The molecule has 96 valence electrons. The number of ether oxygens (including phenoxy) is 1. The predicted octanol–water partition coefficient (Wildman–Crippen LogP) is 2.03. The Morgan fingerprint density at radius 3 is 2.56 bits per heavy atom. The molecule has 16 heavy (non-hydrogen) atoms. The minimum Gasteiger partial charge on any atom is -0.480 e. The minimum atomic E-state index is -0.860. The van der Waals surface area contributed by atoms with E-state index in [9.17, 15) is 4.79 Å². The maximum Gasteiger partial charge on any atom is 0.323 e. The van der Waals surface area contributed by atoms with Gasteiger partial charge >= 0.3 is 5.97 Å². The van der Waals surface area contributed by atoms with E-state index in [1.54, 1.807) is 7.05 Å². The zero-order valence-corrected chi connectivity index (χ0v) is 10.7. The molecule has 0 fully saturated rings. The summed E-state index contributed by atoms with van der Waals surface area (Å²) in [5, 5.41) is 11.5. The van der Waals surface area contributed by atoms with Gasteiger partial charge in [-0.25, -0.2) is 0 Å². The highest BCUT2D eigenvalue weighted by molar-refractivity contribution is 5.73. The molecule has 0 amide bonds. The molecule has 0 aromatic rings. The molecular formula is C12H25NO3. The summed E-state index contributed by atoms with van der Waals surface area (Å²) >= 11 is 0. The van der Waals surface area contributed by atoms with Gasteiger partial charge in [-0.2, -0.15) is 0 Å². The summed E-state index contributed by atoms with van der Waals surface area (Å²) in [6.45, 7) is 4.42. The van der Waals surface area contributed by atoms with Gasteiger partial charge in [-0.15, -0.1) is 0 Å². The summed E-state index contributed by atoms with van der Waals surface area (Å²) in [5.74, 6) is -0.860. The first kappa shape index (κ1) is 15.4. The molecule has 0 heterocycles. The third kappa shape index (κ3) is 7.65. The Labute approximate surface area is 98.4 Å². The van der Waals surface area contributed by atoms with E-state index >= 15 is 0 Å². The quantitative estimate of drug-likeness (QED) is 0.565. The topological polar surface area (TPSA) is 58.6 Å². The van der Waals surface area contributed by atoms with Crippen molar-refractivity contribution >= 4 is 5.97 Å². The second-order valence-electron chi connectivity index (χ2n) is 4.17. The molecule has 0 aromatic carbocycles. The third-order valence-corrected chi connectivity index (χ3v) is 2.66. The number of rotatable bonds is 10. The Kier molecular flexibility index (Phi) is 9.24. The van der Waals surface area contributed by atoms with Crippen molar-refractivity contribution in [3.8, 4) is 0 Å². The molecule has 0 aromatic heterocycles. The summed E-state index contributed by atoms with van der Waals surface area (Å²) in [7, 11) is 1.63. The molecule has 0 spiro atoms. The molecule has 0 aliphatic rings. The monoisotopic (exact) mass is 231 g/mol. The van der Waals surface area contributed by atoms with Crippen LogP contribution in [-0.4, -0.2) is 36.9 Å². The van der Waals surface area contributed by atoms with Gasteiger partial charge in [-0.1, -0.05) is 32.6 Å². The van der Waals surface area contributed by atoms with E-state index < -0.39 is 12.0 Å². The number of carbonyl (C=O) groups is 1. The van der Waals surface area contributed by atoms with Crippen molar-refractivity contribution in [2.24, 2.45) is 0 Å². The average molecular weight is 231 g/mol. The predicted molar refractivity (Wildman–Crippen MR) is 64.7 cm³/mol. The second-order valence-corrected chi connectivity index (χ2v) is 4.17. The maximum atomic E-state index is 10.7. The highest BCUT2D eigenvalue weighted by Crippen LogP contribution is 2.08. The van der Waals surface area contributed by atoms with Gasteiger partial charge in [0.25, 0.3) is 0 Å². The molecule has 0 aliphatic carbocycles. The van der Waals surface area contributed by atoms with Crippen LogP contribution < -0.4 is 5.32 Å². The van der Waals surface area contributed by atoms with Gasteiger partial charge in [0.15, 0.2) is 0 Å². The van der Waals surface area contributed by atoms with Crippen molar-refractivity contribution in [1.29, 1.82) is 0 Å². The Morgan fingerprint density at radius 1 is 1.38 bits per heavy atom. The van der Waals surface area contributed by atoms with Crippen molar-refractivity contribution < 1.29 is 14.6 Å². The van der Waals surface area contributed by atoms with Gasteiger partial charge in [0.05, 0.1) is 12.7 Å². The van der Waals surface area contributed by atoms with Crippen LogP contribution in [0.25, 0.3) is 0 Å². The molecular weight excluding hydrogens is 206 g/mol. The average Bonchev–Trinajstić information content (AvgIpc) is 2.25. The lowest BCUT2D eigenvalue weighted by Crippen LogP contribution is -2.39. The lowest BCUT2D eigenvalue weighted by molar-refractivity contribution is -0.141. The fraction of sp³-hybridized carbons (Fsp3) is 0.917. The molecule has 0 saturated carbocycles. The van der Waals surface area contributed by atoms with Crippen molar-refractivity contribution in [2.75, 3.05) is 13.7 Å². The fourth-order valence-electron chi connectivity index (χ4n) is 1.48. The summed E-state index contributed by atoms with van der Waals surface area (Å²) < 4.78 is 5.49. The largest absolute Gasteiger partial charge is 0.480 e. The van der Waals surface area contributed by atoms with Gasteiger partial charge in [0.1, 0.15) is 6.04 Å². The molecule has 4 heteroatoms. The van der Waals surface area contributed by atoms with Crippen molar-refractivity contribution in [2.45, 2.75) is 58.1 Å². The smallest absolute Gasteiger partial charge is 0.323 e. The van der Waals surface area contributed by atoms with Gasteiger partial charge in [-0.05, 0) is 20.4 Å². The lowest BCUT2D eigenvalue weighted by atomic mass is 10.1. The van der Waals surface area contributed by atoms with Crippen LogP contribution in [0.1, 0.15) is 46.0 Å². The molecule has 0 saturated heterocycles. The van der Waals surface area contributed by atoms with E-state index in [0.29, 0.717) is 0 Å². The van der Waals surface area contributed by atoms with Crippen LogP contribution >= 0.6 is 0 Å². The van der Waals surface area contributed by atoms with E-state index in [4.69, 9.17) is 9.84 Å². The number of carboxylic acid groups (broad SMARTS) is 1. The Morgan fingerprint density at radius 2 is 2.06 bits per heavy atom. The Bertz CT molecular complexity index is 185. The second kappa shape index (κ2) is 9.60. The van der Waals surface area contributed by atoms with Crippen LogP contribution in [0.3, 0.4) is 0 Å². The number of unbranched alkanes of at least 4 members (excludes halogenated alkanes) is 3. The Hall–Kier alpha value is -0.610. The molecule has 2 N–H and O–H groups in total. The molecule has 4 nitrogen and oxygen atoms in total. The van der Waals surface area contributed by atoms with Crippen LogP contribution in [0.4, 0.5) is 0 Å². The van der Waals surface area contributed by atoms with E-state index in [0.717, 1.165) is 12.8 Å². The molecule has 0 rings (SSSR count). The van der Waals surface area contributed by atoms with Crippen LogP contribution in [0.5, 0.6) is 0 Å². The van der Waals surface area contributed by atoms with E-state index in [-0.39, 0.29) is 12.7 Å². The van der Waals surface area contributed by atoms with Gasteiger partial charge in [0.2, 0.25) is 0 Å². The molecule has 0 aliphatic heterocycles. The highest BCUT2D eigenvalue weighted by atomic mass is 16.5. The van der Waals surface area contributed by atoms with Crippen LogP contribution in [-0.2, 0) is 9.53 Å². The number of nitrogens with one attached hydrogen (secondary N) is 1. The van der Waals surface area contributed by atoms with Gasteiger partial charge < -0.3 is 15.2 Å². The number of hydrogen-bond donors (Lipinski definition) is 2. The van der Waals surface area contributed by atoms with Crippen LogP contribution in [0.15, 0.2) is 0 Å². The first-order valence-electron chi connectivity index (χ1n) is 6.13. The number of carboxylic acids is 1. The Balaban J connectivity index is 3.55. The fourth-order valence-corrected chi connectivity index (χ4v) is 1.48. The van der Waals surface area contributed by atoms with E-state index in [1.165, 1.54) is 19.3 Å². The molecule has 0 bridgehead atoms. The van der Waals surface area contributed by atoms with E-state index in [1.807, 2.05) is 6.92 Å². The first-order chi connectivity index (χ1) is 7.61. The van der Waals surface area contributed by atoms with Crippen LogP contribution in [0, 0.1) is 0 Å². The van der Waals surface area contributed by atoms with Crippen molar-refractivity contribution in [3.05, 3.63) is 0 Å². The minimum absolute atomic E-state index is 0.145. The van der Waals surface area contributed by atoms with E-state index in [2.05, 4.69) is 12.2 Å². The summed E-state index contributed by atoms with van der Waals surface area (Å²) in [5.41, 5.74) is 0. The normalized spacial score (nSPS) is 14.7. The molecule has 0 radical (unpaired) electrons. The number of hydrogen-bond acceptors (Lipinski definition) is 3. The molecule has 2 atom stereocenters. The first-order valence-corrected chi connectivity index (χ1v) is 6.13. The zero-order valence-electron chi connectivity index (χ0n) is 10.7. The molecule has 2 unspecified atom stereocenters. The van der Waals surface area contributed by atoms with Crippen LogP contribution in [0.2, 0.25) is 0 Å². The van der Waals surface area contributed by atoms with Crippen molar-refractivity contribution in [3.63, 3.8) is 0 Å². The van der Waals surface area contributed by atoms with Gasteiger partial charge in [-0.3, -0.25) is 4.79 Å². The lowest BCUT2D eigenvalue weighted by Gasteiger charge is -2.16. The summed E-state index contributed by atoms with van der Waals surface area (Å²) in [6, 6.07) is -0.599.